The van der Waals surface area contributed by atoms with Crippen LogP contribution < -0.4 is 14.8 Å². The molecule has 1 fully saturated rings. The molecule has 0 spiro atoms. The minimum Gasteiger partial charge on any atom is -0.497 e. The van der Waals surface area contributed by atoms with Crippen LogP contribution in [0.3, 0.4) is 0 Å². The highest BCUT2D eigenvalue weighted by atomic mass is 32.2. The van der Waals surface area contributed by atoms with Crippen molar-refractivity contribution in [1.82, 2.24) is 4.31 Å². The van der Waals surface area contributed by atoms with Crippen LogP contribution in [-0.4, -0.2) is 51.7 Å². The average Bonchev–Trinajstić information content (AvgIpc) is 2.62. The van der Waals surface area contributed by atoms with Crippen LogP contribution in [-0.2, 0) is 14.8 Å². The average molecular weight is 356 g/mol. The molecule has 0 saturated carbocycles. The molecular weight excluding hydrogens is 332 g/mol. The number of methoxy groups -OCH3 is 2. The molecule has 24 heavy (non-hydrogen) atoms. The molecule has 8 heteroatoms. The van der Waals surface area contributed by atoms with Crippen LogP contribution >= 0.6 is 0 Å². The maximum absolute atomic E-state index is 12.5. The van der Waals surface area contributed by atoms with Gasteiger partial charge in [0.1, 0.15) is 11.5 Å². The number of carbonyl (C=O) groups is 1. The molecule has 0 unspecified atom stereocenters. The molecule has 2 rings (SSSR count). The summed E-state index contributed by atoms with van der Waals surface area (Å²) in [5, 5.41) is 2.83. The van der Waals surface area contributed by atoms with Gasteiger partial charge in [-0.1, -0.05) is 0 Å². The number of nitrogens with zero attached hydrogens (tertiary/aromatic N) is 1. The molecule has 0 radical (unpaired) electrons. The van der Waals surface area contributed by atoms with E-state index in [2.05, 4.69) is 5.32 Å². The fourth-order valence-corrected chi connectivity index (χ4v) is 3.91. The van der Waals surface area contributed by atoms with E-state index in [1.54, 1.807) is 32.2 Å². The first-order chi connectivity index (χ1) is 11.4. The summed E-state index contributed by atoms with van der Waals surface area (Å²) >= 11 is 0. The largest absolute Gasteiger partial charge is 0.497 e. The van der Waals surface area contributed by atoms with Crippen LogP contribution in [0.2, 0.25) is 0 Å². The Kier molecular flexibility index (Phi) is 6.06. The Balaban J connectivity index is 2.09. The predicted octanol–water partition coefficient (Wildman–Crippen LogP) is 1.70. The van der Waals surface area contributed by atoms with Gasteiger partial charge in [0, 0.05) is 19.2 Å². The normalized spacial score (nSPS) is 18.9. The molecule has 1 heterocycles. The lowest BCUT2D eigenvalue weighted by Crippen LogP contribution is -2.44. The Hall–Kier alpha value is -1.80. The number of sulfonamides is 1. The van der Waals surface area contributed by atoms with Crippen LogP contribution in [0.4, 0.5) is 5.69 Å². The first kappa shape index (κ1) is 18.5. The quantitative estimate of drug-likeness (QED) is 0.839. The predicted molar refractivity (Wildman–Crippen MR) is 91.9 cm³/mol. The first-order valence-electron chi connectivity index (χ1n) is 7.92. The summed E-state index contributed by atoms with van der Waals surface area (Å²) in [5.41, 5.74) is 0.541. The minimum atomic E-state index is -3.27. The molecule has 7 nitrogen and oxygen atoms in total. The van der Waals surface area contributed by atoms with Crippen molar-refractivity contribution in [2.45, 2.75) is 19.8 Å². The van der Waals surface area contributed by atoms with E-state index in [0.29, 0.717) is 36.6 Å². The van der Waals surface area contributed by atoms with Crippen molar-refractivity contribution in [3.05, 3.63) is 18.2 Å². The second kappa shape index (κ2) is 7.85. The zero-order valence-electron chi connectivity index (χ0n) is 14.2. The number of nitrogens with one attached hydrogen (secondary N) is 1. The van der Waals surface area contributed by atoms with Crippen LogP contribution in [0.1, 0.15) is 19.8 Å². The van der Waals surface area contributed by atoms with Gasteiger partial charge in [0.15, 0.2) is 0 Å². The van der Waals surface area contributed by atoms with Gasteiger partial charge in [-0.2, -0.15) is 0 Å². The standard InChI is InChI=1S/C16H24N2O5S/c1-4-24(20,21)18-9-5-6-12(11-18)16(19)17-14-8-7-13(22-2)10-15(14)23-3/h7-8,10,12H,4-6,9,11H2,1-3H3,(H,17,19)/t12-/m1/s1. The Morgan fingerprint density at radius 2 is 2.08 bits per heavy atom. The van der Waals surface area contributed by atoms with E-state index in [1.807, 2.05) is 0 Å². The zero-order valence-corrected chi connectivity index (χ0v) is 15.1. The Labute approximate surface area is 143 Å². The summed E-state index contributed by atoms with van der Waals surface area (Å²) < 4.78 is 35.8. The second-order valence-corrected chi connectivity index (χ2v) is 7.91. The van der Waals surface area contributed by atoms with Gasteiger partial charge in [-0.05, 0) is 31.9 Å². The van der Waals surface area contributed by atoms with E-state index < -0.39 is 10.0 Å². The molecule has 0 aliphatic carbocycles. The monoisotopic (exact) mass is 356 g/mol. The van der Waals surface area contributed by atoms with Crippen LogP contribution in [0.5, 0.6) is 11.5 Å². The number of anilines is 1. The lowest BCUT2D eigenvalue weighted by Gasteiger charge is -2.31. The van der Waals surface area contributed by atoms with Gasteiger partial charge in [-0.15, -0.1) is 0 Å². The van der Waals surface area contributed by atoms with Gasteiger partial charge in [-0.25, -0.2) is 12.7 Å². The number of carbonyl (C=O) groups excluding carboxylic acids is 1. The summed E-state index contributed by atoms with van der Waals surface area (Å²) in [6.45, 7) is 2.31. The minimum absolute atomic E-state index is 0.0492. The maximum atomic E-state index is 12.5. The molecule has 1 aliphatic rings. The summed E-state index contributed by atoms with van der Waals surface area (Å²) in [6, 6.07) is 5.12. The summed E-state index contributed by atoms with van der Waals surface area (Å²) in [5.74, 6) is 0.605. The number of hydrogen-bond acceptors (Lipinski definition) is 5. The van der Waals surface area contributed by atoms with Crippen molar-refractivity contribution in [2.24, 2.45) is 5.92 Å². The van der Waals surface area contributed by atoms with Crippen LogP contribution in [0.25, 0.3) is 0 Å². The number of ether oxygens (including phenoxy) is 2. The number of amides is 1. The SMILES string of the molecule is CCS(=O)(=O)N1CCC[C@@H](C(=O)Nc2ccc(OC)cc2OC)C1. The van der Waals surface area contributed by atoms with Gasteiger partial charge in [0.25, 0.3) is 0 Å². The molecule has 1 N–H and O–H groups in total. The number of hydrogen-bond donors (Lipinski definition) is 1. The van der Waals surface area contributed by atoms with Crippen LogP contribution in [0.15, 0.2) is 18.2 Å². The van der Waals surface area contributed by atoms with Gasteiger partial charge < -0.3 is 14.8 Å². The molecule has 1 aromatic rings. The summed E-state index contributed by atoms with van der Waals surface area (Å²) in [4.78, 5) is 12.5. The summed E-state index contributed by atoms with van der Waals surface area (Å²) in [6.07, 6.45) is 1.34. The second-order valence-electron chi connectivity index (χ2n) is 5.65. The van der Waals surface area contributed by atoms with Gasteiger partial charge >= 0.3 is 0 Å². The van der Waals surface area contributed by atoms with Gasteiger partial charge in [-0.3, -0.25) is 4.79 Å². The molecule has 1 atom stereocenters. The van der Waals surface area contributed by atoms with Crippen molar-refractivity contribution in [3.63, 3.8) is 0 Å². The third-order valence-corrected chi connectivity index (χ3v) is 6.03. The van der Waals surface area contributed by atoms with E-state index >= 15 is 0 Å². The number of benzene rings is 1. The number of piperidine rings is 1. The molecule has 1 saturated heterocycles. The molecule has 0 aromatic heterocycles. The van der Waals surface area contributed by atoms with Crippen molar-refractivity contribution in [3.8, 4) is 11.5 Å². The Morgan fingerprint density at radius 1 is 1.33 bits per heavy atom. The highest BCUT2D eigenvalue weighted by molar-refractivity contribution is 7.89. The molecular formula is C16H24N2O5S. The fourth-order valence-electron chi connectivity index (χ4n) is 2.73. The van der Waals surface area contributed by atoms with Crippen molar-refractivity contribution >= 4 is 21.6 Å². The molecule has 1 amide bonds. The summed E-state index contributed by atoms with van der Waals surface area (Å²) in [7, 11) is -0.202. The van der Waals surface area contributed by atoms with E-state index in [1.165, 1.54) is 11.4 Å². The number of rotatable bonds is 6. The molecule has 1 aliphatic heterocycles. The van der Waals surface area contributed by atoms with Crippen molar-refractivity contribution < 1.29 is 22.7 Å². The fraction of sp³-hybridized carbons (Fsp3) is 0.562. The van der Waals surface area contributed by atoms with Gasteiger partial charge in [0.2, 0.25) is 15.9 Å². The van der Waals surface area contributed by atoms with E-state index in [0.717, 1.165) is 0 Å². The molecule has 1 aromatic carbocycles. The lowest BCUT2D eigenvalue weighted by molar-refractivity contribution is -0.120. The lowest BCUT2D eigenvalue weighted by atomic mass is 9.98. The Morgan fingerprint density at radius 3 is 2.71 bits per heavy atom. The van der Waals surface area contributed by atoms with E-state index in [-0.39, 0.29) is 24.1 Å². The van der Waals surface area contributed by atoms with E-state index in [4.69, 9.17) is 9.47 Å². The molecule has 134 valence electrons. The molecule has 0 bridgehead atoms. The smallest absolute Gasteiger partial charge is 0.228 e. The highest BCUT2D eigenvalue weighted by Gasteiger charge is 2.31. The Bertz CT molecular complexity index is 690. The van der Waals surface area contributed by atoms with Crippen LogP contribution in [0, 0.1) is 5.92 Å². The third-order valence-electron chi connectivity index (χ3n) is 4.18. The van der Waals surface area contributed by atoms with Crippen molar-refractivity contribution in [1.29, 1.82) is 0 Å². The van der Waals surface area contributed by atoms with Gasteiger partial charge in [0.05, 0.1) is 31.6 Å². The first-order valence-corrected chi connectivity index (χ1v) is 9.53. The van der Waals surface area contributed by atoms with E-state index in [9.17, 15) is 13.2 Å². The zero-order chi connectivity index (χ0) is 17.7. The maximum Gasteiger partial charge on any atom is 0.228 e. The highest BCUT2D eigenvalue weighted by Crippen LogP contribution is 2.30. The van der Waals surface area contributed by atoms with Crippen molar-refractivity contribution in [2.75, 3.05) is 38.4 Å². The third kappa shape index (κ3) is 4.18. The topological polar surface area (TPSA) is 84.9 Å².